The summed E-state index contributed by atoms with van der Waals surface area (Å²) >= 11 is 0. The molecule has 0 unspecified atom stereocenters. The van der Waals surface area contributed by atoms with Crippen LogP contribution in [0.3, 0.4) is 0 Å². The van der Waals surface area contributed by atoms with Gasteiger partial charge in [0.25, 0.3) is 0 Å². The van der Waals surface area contributed by atoms with E-state index in [9.17, 15) is 5.26 Å². The van der Waals surface area contributed by atoms with Crippen LogP contribution >= 0.6 is 0 Å². The minimum atomic E-state index is 0.212. The fourth-order valence-electron chi connectivity index (χ4n) is 4.57. The summed E-state index contributed by atoms with van der Waals surface area (Å²) in [5, 5.41) is 10.0. The summed E-state index contributed by atoms with van der Waals surface area (Å²) in [6.07, 6.45) is 11.5. The van der Waals surface area contributed by atoms with Crippen LogP contribution in [0, 0.1) is 11.3 Å². The van der Waals surface area contributed by atoms with Crippen LogP contribution in [0.2, 0.25) is 0 Å². The molecular formula is C24H29N. The predicted molar refractivity (Wildman–Crippen MR) is 105 cm³/mol. The lowest BCUT2D eigenvalue weighted by Gasteiger charge is -2.39. The Hall–Kier alpha value is -2.07. The predicted octanol–water partition coefficient (Wildman–Crippen LogP) is 7.01. The van der Waals surface area contributed by atoms with Gasteiger partial charge in [-0.05, 0) is 41.4 Å². The Labute approximate surface area is 152 Å². The third kappa shape index (κ3) is 3.79. The first-order valence-electron chi connectivity index (χ1n) is 9.90. The molecule has 25 heavy (non-hydrogen) atoms. The molecule has 2 aromatic rings. The summed E-state index contributed by atoms with van der Waals surface area (Å²) in [6.45, 7) is 2.27. The second kappa shape index (κ2) is 8.34. The van der Waals surface area contributed by atoms with Gasteiger partial charge in [0.15, 0.2) is 0 Å². The van der Waals surface area contributed by atoms with Crippen LogP contribution in [0.25, 0.3) is 11.1 Å². The van der Waals surface area contributed by atoms with E-state index in [4.69, 9.17) is 0 Å². The third-order valence-electron chi connectivity index (χ3n) is 5.90. The molecule has 1 saturated carbocycles. The molecule has 0 spiro atoms. The first-order valence-corrected chi connectivity index (χ1v) is 9.90. The van der Waals surface area contributed by atoms with Gasteiger partial charge in [-0.15, -0.1) is 0 Å². The van der Waals surface area contributed by atoms with Gasteiger partial charge in [0.2, 0.25) is 0 Å². The quantitative estimate of drug-likeness (QED) is 0.522. The summed E-state index contributed by atoms with van der Waals surface area (Å²) in [4.78, 5) is 0. The van der Waals surface area contributed by atoms with Crippen LogP contribution in [0.5, 0.6) is 0 Å². The molecule has 1 nitrogen and oxygen atoms in total. The van der Waals surface area contributed by atoms with Crippen molar-refractivity contribution in [1.82, 2.24) is 0 Å². The van der Waals surface area contributed by atoms with Gasteiger partial charge in [0, 0.05) is 0 Å². The van der Waals surface area contributed by atoms with Gasteiger partial charge < -0.3 is 0 Å². The topological polar surface area (TPSA) is 23.8 Å². The lowest BCUT2D eigenvalue weighted by atomic mass is 9.65. The van der Waals surface area contributed by atoms with Crippen molar-refractivity contribution in [3.8, 4) is 17.2 Å². The summed E-state index contributed by atoms with van der Waals surface area (Å²) in [7, 11) is 0. The van der Waals surface area contributed by atoms with Crippen LogP contribution in [0.4, 0.5) is 0 Å². The van der Waals surface area contributed by atoms with E-state index in [0.29, 0.717) is 0 Å². The highest BCUT2D eigenvalue weighted by Crippen LogP contribution is 2.46. The molecule has 1 heteroatoms. The summed E-state index contributed by atoms with van der Waals surface area (Å²) in [5.74, 6) is 0. The number of rotatable bonds is 6. The number of hydrogen-bond donors (Lipinski definition) is 0. The summed E-state index contributed by atoms with van der Waals surface area (Å²) in [6, 6.07) is 19.5. The van der Waals surface area contributed by atoms with Crippen molar-refractivity contribution in [2.24, 2.45) is 0 Å². The van der Waals surface area contributed by atoms with Crippen LogP contribution < -0.4 is 0 Å². The van der Waals surface area contributed by atoms with Crippen molar-refractivity contribution in [3.05, 3.63) is 59.7 Å². The van der Waals surface area contributed by atoms with E-state index < -0.39 is 0 Å². The maximum atomic E-state index is 10.0. The van der Waals surface area contributed by atoms with E-state index in [-0.39, 0.29) is 5.41 Å². The zero-order valence-electron chi connectivity index (χ0n) is 15.4. The molecule has 1 fully saturated rings. The highest BCUT2D eigenvalue weighted by molar-refractivity contribution is 5.72. The molecule has 1 aliphatic carbocycles. The van der Waals surface area contributed by atoms with Crippen LogP contribution in [-0.4, -0.2) is 0 Å². The Morgan fingerprint density at radius 2 is 1.68 bits per heavy atom. The molecule has 0 bridgehead atoms. The van der Waals surface area contributed by atoms with Crippen molar-refractivity contribution in [2.45, 2.75) is 70.1 Å². The van der Waals surface area contributed by atoms with Crippen LogP contribution in [-0.2, 0) is 5.41 Å². The molecule has 0 saturated heterocycles. The maximum absolute atomic E-state index is 10.0. The SMILES string of the molecule is CCCCCC1(c2cccc(-c3ccccc3)c2C#N)CCCCC1. The Morgan fingerprint density at radius 1 is 0.920 bits per heavy atom. The lowest BCUT2D eigenvalue weighted by molar-refractivity contribution is 0.265. The Balaban J connectivity index is 2.06. The highest BCUT2D eigenvalue weighted by Gasteiger charge is 2.35. The lowest BCUT2D eigenvalue weighted by Crippen LogP contribution is -2.30. The summed E-state index contributed by atoms with van der Waals surface area (Å²) in [5.41, 5.74) is 4.68. The van der Waals surface area contributed by atoms with E-state index in [1.54, 1.807) is 0 Å². The monoisotopic (exact) mass is 331 g/mol. The van der Waals surface area contributed by atoms with Gasteiger partial charge in [-0.3, -0.25) is 0 Å². The van der Waals surface area contributed by atoms with E-state index >= 15 is 0 Å². The number of nitriles is 1. The normalized spacial score (nSPS) is 16.3. The van der Waals surface area contributed by atoms with Gasteiger partial charge in [-0.1, -0.05) is 94.0 Å². The second-order valence-corrected chi connectivity index (χ2v) is 7.50. The average molecular weight is 332 g/mol. The first-order chi connectivity index (χ1) is 12.3. The van der Waals surface area contributed by atoms with E-state index in [0.717, 1.165) is 16.7 Å². The molecular weight excluding hydrogens is 302 g/mol. The fourth-order valence-corrected chi connectivity index (χ4v) is 4.57. The third-order valence-corrected chi connectivity index (χ3v) is 5.90. The molecule has 0 amide bonds. The number of unbranched alkanes of at least 4 members (excludes halogenated alkanes) is 2. The van der Waals surface area contributed by atoms with Crippen LogP contribution in [0.15, 0.2) is 48.5 Å². The Kier molecular flexibility index (Phi) is 5.92. The zero-order valence-corrected chi connectivity index (χ0v) is 15.4. The number of nitrogens with zero attached hydrogens (tertiary/aromatic N) is 1. The highest BCUT2D eigenvalue weighted by atomic mass is 14.4. The van der Waals surface area contributed by atoms with Crippen molar-refractivity contribution < 1.29 is 0 Å². The molecule has 0 N–H and O–H groups in total. The molecule has 0 radical (unpaired) electrons. The van der Waals surface area contributed by atoms with Crippen molar-refractivity contribution in [3.63, 3.8) is 0 Å². The second-order valence-electron chi connectivity index (χ2n) is 7.50. The minimum Gasteiger partial charge on any atom is -0.192 e. The van der Waals surface area contributed by atoms with Crippen molar-refractivity contribution in [1.29, 1.82) is 5.26 Å². The molecule has 3 rings (SSSR count). The standard InChI is InChI=1S/C24H29N/c1-2-3-8-16-24(17-9-5-10-18-24)23-15-11-14-21(22(23)19-25)20-12-6-4-7-13-20/h4,6-7,11-15H,2-3,5,8-10,16-18H2,1H3. The summed E-state index contributed by atoms with van der Waals surface area (Å²) < 4.78 is 0. The minimum absolute atomic E-state index is 0.212. The van der Waals surface area contributed by atoms with Gasteiger partial charge in [-0.25, -0.2) is 0 Å². The van der Waals surface area contributed by atoms with Gasteiger partial charge in [-0.2, -0.15) is 5.26 Å². The maximum Gasteiger partial charge on any atom is 0.100 e. The molecule has 0 atom stereocenters. The largest absolute Gasteiger partial charge is 0.192 e. The molecule has 0 aromatic heterocycles. The zero-order chi connectivity index (χ0) is 17.5. The number of hydrogen-bond acceptors (Lipinski definition) is 1. The molecule has 130 valence electrons. The molecule has 2 aromatic carbocycles. The first kappa shape index (κ1) is 17.7. The van der Waals surface area contributed by atoms with Crippen LogP contribution in [0.1, 0.15) is 75.8 Å². The smallest absolute Gasteiger partial charge is 0.100 e. The average Bonchev–Trinajstić information content (AvgIpc) is 2.69. The molecule has 0 aliphatic heterocycles. The van der Waals surface area contributed by atoms with Gasteiger partial charge in [0.1, 0.15) is 6.07 Å². The Morgan fingerprint density at radius 3 is 2.36 bits per heavy atom. The van der Waals surface area contributed by atoms with E-state index in [1.807, 2.05) is 6.07 Å². The van der Waals surface area contributed by atoms with E-state index in [2.05, 4.69) is 55.5 Å². The van der Waals surface area contributed by atoms with Gasteiger partial charge >= 0.3 is 0 Å². The Bertz CT molecular complexity index is 718. The molecule has 1 aliphatic rings. The fraction of sp³-hybridized carbons (Fsp3) is 0.458. The molecule has 0 heterocycles. The number of benzene rings is 2. The van der Waals surface area contributed by atoms with Crippen molar-refractivity contribution >= 4 is 0 Å². The van der Waals surface area contributed by atoms with Gasteiger partial charge in [0.05, 0.1) is 5.56 Å². The van der Waals surface area contributed by atoms with E-state index in [1.165, 1.54) is 63.4 Å². The van der Waals surface area contributed by atoms with Crippen molar-refractivity contribution in [2.75, 3.05) is 0 Å².